The maximum Gasteiger partial charge on any atom is 0.335 e. The summed E-state index contributed by atoms with van der Waals surface area (Å²) in [4.78, 5) is 11.0. The molecule has 6 nitrogen and oxygen atoms in total. The maximum absolute atomic E-state index is 12.6. The lowest BCUT2D eigenvalue weighted by atomic mass is 10.1. The molecule has 0 bridgehead atoms. The number of rotatable bonds is 4. The first kappa shape index (κ1) is 15.1. The van der Waals surface area contributed by atoms with Crippen molar-refractivity contribution in [1.29, 1.82) is 0 Å². The van der Waals surface area contributed by atoms with Crippen LogP contribution in [0.3, 0.4) is 0 Å². The molecule has 0 fully saturated rings. The fraction of sp³-hybridized carbons (Fsp3) is 0.0625. The van der Waals surface area contributed by atoms with Crippen LogP contribution in [0.2, 0.25) is 0 Å². The van der Waals surface area contributed by atoms with Gasteiger partial charge in [0.1, 0.15) is 4.90 Å². The number of hydrogen-bond acceptors (Lipinski definition) is 4. The number of carboxylic acid groups (broad SMARTS) is 1. The number of hydrogen-bond donors (Lipinski definition) is 3. The zero-order valence-corrected chi connectivity index (χ0v) is 12.8. The fourth-order valence-corrected chi connectivity index (χ4v) is 3.61. The molecule has 2 aromatic carbocycles. The van der Waals surface area contributed by atoms with Crippen LogP contribution in [0.25, 0.3) is 6.08 Å². The van der Waals surface area contributed by atoms with E-state index in [-0.39, 0.29) is 10.5 Å². The molecule has 0 aromatic heterocycles. The van der Waals surface area contributed by atoms with Gasteiger partial charge in [0.25, 0.3) is 10.0 Å². The summed E-state index contributed by atoms with van der Waals surface area (Å²) in [5, 5.41) is 11.9. The zero-order chi connectivity index (χ0) is 16.4. The molecule has 0 radical (unpaired) electrons. The van der Waals surface area contributed by atoms with Gasteiger partial charge in [0.15, 0.2) is 0 Å². The Bertz CT molecular complexity index is 887. The number of sulfonamides is 1. The third kappa shape index (κ3) is 3.04. The van der Waals surface area contributed by atoms with Gasteiger partial charge in [-0.2, -0.15) is 0 Å². The number of fused-ring (bicyclic) bond motifs is 1. The Morgan fingerprint density at radius 1 is 1.13 bits per heavy atom. The Labute approximate surface area is 133 Å². The number of anilines is 2. The SMILES string of the molecule is O=C(O)c1ccc(NS(=O)(=O)c2cccc3c2NCC=C3)cc1. The Kier molecular flexibility index (Phi) is 3.79. The van der Waals surface area contributed by atoms with Crippen LogP contribution < -0.4 is 10.0 Å². The molecule has 7 heteroatoms. The monoisotopic (exact) mass is 330 g/mol. The van der Waals surface area contributed by atoms with Crippen molar-refractivity contribution in [3.05, 3.63) is 59.7 Å². The van der Waals surface area contributed by atoms with Crippen LogP contribution in [-0.2, 0) is 10.0 Å². The standard InChI is InChI=1S/C16H14N2O4S/c19-16(20)12-6-8-13(9-7-12)18-23(21,22)14-5-1-3-11-4-2-10-17-15(11)14/h1-9,17-18H,10H2,(H,19,20). The number of para-hydroxylation sites is 1. The third-order valence-corrected chi connectivity index (χ3v) is 4.85. The van der Waals surface area contributed by atoms with Crippen LogP contribution in [0.1, 0.15) is 15.9 Å². The highest BCUT2D eigenvalue weighted by molar-refractivity contribution is 7.92. The average Bonchev–Trinajstić information content (AvgIpc) is 2.54. The normalized spacial score (nSPS) is 13.0. The molecule has 0 unspecified atom stereocenters. The van der Waals surface area contributed by atoms with Crippen LogP contribution in [-0.4, -0.2) is 26.0 Å². The second kappa shape index (κ2) is 5.77. The summed E-state index contributed by atoms with van der Waals surface area (Å²) in [5.74, 6) is -1.06. The highest BCUT2D eigenvalue weighted by atomic mass is 32.2. The Balaban J connectivity index is 1.93. The van der Waals surface area contributed by atoms with Gasteiger partial charge in [-0.1, -0.05) is 24.3 Å². The van der Waals surface area contributed by atoms with Crippen LogP contribution in [0.15, 0.2) is 53.4 Å². The van der Waals surface area contributed by atoms with Gasteiger partial charge >= 0.3 is 5.97 Å². The zero-order valence-electron chi connectivity index (χ0n) is 12.0. The van der Waals surface area contributed by atoms with Crippen LogP contribution in [0.5, 0.6) is 0 Å². The summed E-state index contributed by atoms with van der Waals surface area (Å²) in [5.41, 5.74) is 1.76. The predicted molar refractivity (Wildman–Crippen MR) is 88.2 cm³/mol. The Hall–Kier alpha value is -2.80. The van der Waals surface area contributed by atoms with E-state index in [0.717, 1.165) is 5.56 Å². The molecule has 0 aliphatic carbocycles. The molecule has 1 aliphatic rings. The van der Waals surface area contributed by atoms with Crippen molar-refractivity contribution >= 4 is 33.4 Å². The van der Waals surface area contributed by atoms with E-state index in [0.29, 0.717) is 17.9 Å². The summed E-state index contributed by atoms with van der Waals surface area (Å²) < 4.78 is 27.7. The van der Waals surface area contributed by atoms with E-state index in [9.17, 15) is 13.2 Å². The molecule has 2 aromatic rings. The lowest BCUT2D eigenvalue weighted by molar-refractivity contribution is 0.0697. The van der Waals surface area contributed by atoms with E-state index < -0.39 is 16.0 Å². The molecule has 0 saturated heterocycles. The molecule has 3 N–H and O–H groups in total. The van der Waals surface area contributed by atoms with Gasteiger partial charge in [0.05, 0.1) is 11.3 Å². The molecule has 0 atom stereocenters. The predicted octanol–water partition coefficient (Wildman–Crippen LogP) is 2.62. The first-order chi connectivity index (χ1) is 11.0. The second-order valence-electron chi connectivity index (χ2n) is 4.99. The summed E-state index contributed by atoms with van der Waals surface area (Å²) >= 11 is 0. The van der Waals surface area contributed by atoms with Crippen LogP contribution in [0.4, 0.5) is 11.4 Å². The molecule has 1 heterocycles. The van der Waals surface area contributed by atoms with E-state index in [1.807, 2.05) is 18.2 Å². The highest BCUT2D eigenvalue weighted by Gasteiger charge is 2.21. The van der Waals surface area contributed by atoms with Crippen molar-refractivity contribution in [2.45, 2.75) is 4.90 Å². The molecule has 118 valence electrons. The van der Waals surface area contributed by atoms with E-state index in [1.165, 1.54) is 30.3 Å². The molecule has 3 rings (SSSR count). The third-order valence-electron chi connectivity index (χ3n) is 3.43. The highest BCUT2D eigenvalue weighted by Crippen LogP contribution is 2.30. The van der Waals surface area contributed by atoms with E-state index >= 15 is 0 Å². The van der Waals surface area contributed by atoms with Gasteiger partial charge in [0.2, 0.25) is 0 Å². The lowest BCUT2D eigenvalue weighted by Gasteiger charge is -2.18. The molecular formula is C16H14N2O4S. The number of benzene rings is 2. The average molecular weight is 330 g/mol. The molecule has 0 amide bonds. The minimum absolute atomic E-state index is 0.0943. The van der Waals surface area contributed by atoms with Crippen molar-refractivity contribution in [3.8, 4) is 0 Å². The number of carboxylic acids is 1. The van der Waals surface area contributed by atoms with Crippen molar-refractivity contribution in [1.82, 2.24) is 0 Å². The lowest BCUT2D eigenvalue weighted by Crippen LogP contribution is -2.17. The largest absolute Gasteiger partial charge is 0.478 e. The Morgan fingerprint density at radius 2 is 1.87 bits per heavy atom. The van der Waals surface area contributed by atoms with Gasteiger partial charge in [0, 0.05) is 12.2 Å². The molecule has 0 saturated carbocycles. The molecule has 0 spiro atoms. The quantitative estimate of drug-likeness (QED) is 0.801. The minimum atomic E-state index is -3.78. The first-order valence-corrected chi connectivity index (χ1v) is 8.35. The van der Waals surface area contributed by atoms with Crippen molar-refractivity contribution < 1.29 is 18.3 Å². The van der Waals surface area contributed by atoms with Crippen molar-refractivity contribution in [3.63, 3.8) is 0 Å². The Morgan fingerprint density at radius 3 is 2.57 bits per heavy atom. The maximum atomic E-state index is 12.6. The van der Waals surface area contributed by atoms with Gasteiger partial charge in [-0.15, -0.1) is 0 Å². The topological polar surface area (TPSA) is 95.5 Å². The molecular weight excluding hydrogens is 316 g/mol. The van der Waals surface area contributed by atoms with Gasteiger partial charge in [-0.3, -0.25) is 4.72 Å². The van der Waals surface area contributed by atoms with Crippen molar-refractivity contribution in [2.75, 3.05) is 16.6 Å². The van der Waals surface area contributed by atoms with E-state index in [1.54, 1.807) is 6.07 Å². The minimum Gasteiger partial charge on any atom is -0.478 e. The van der Waals surface area contributed by atoms with Crippen LogP contribution in [0, 0.1) is 0 Å². The first-order valence-electron chi connectivity index (χ1n) is 6.87. The number of nitrogens with one attached hydrogen (secondary N) is 2. The fourth-order valence-electron chi connectivity index (χ4n) is 2.34. The van der Waals surface area contributed by atoms with Crippen molar-refractivity contribution in [2.24, 2.45) is 0 Å². The van der Waals surface area contributed by atoms with Gasteiger partial charge < -0.3 is 10.4 Å². The second-order valence-corrected chi connectivity index (χ2v) is 6.64. The molecule has 23 heavy (non-hydrogen) atoms. The smallest absolute Gasteiger partial charge is 0.335 e. The molecule has 1 aliphatic heterocycles. The van der Waals surface area contributed by atoms with E-state index in [2.05, 4.69) is 10.0 Å². The number of carbonyl (C=O) groups is 1. The summed E-state index contributed by atoms with van der Waals surface area (Å²) in [7, 11) is -3.78. The van der Waals surface area contributed by atoms with E-state index in [4.69, 9.17) is 5.11 Å². The van der Waals surface area contributed by atoms with Gasteiger partial charge in [-0.05, 0) is 35.9 Å². The van der Waals surface area contributed by atoms with Gasteiger partial charge in [-0.25, -0.2) is 13.2 Å². The van der Waals surface area contributed by atoms with Crippen LogP contribution >= 0.6 is 0 Å². The number of aromatic carboxylic acids is 1. The summed E-state index contributed by atoms with van der Waals surface area (Å²) in [6, 6.07) is 10.6. The summed E-state index contributed by atoms with van der Waals surface area (Å²) in [6.07, 6.45) is 3.78. The summed E-state index contributed by atoms with van der Waals surface area (Å²) in [6.45, 7) is 0.562.